The molecule has 0 aliphatic heterocycles. The first-order valence-electron chi connectivity index (χ1n) is 8.11. The number of aromatic nitrogens is 3. The van der Waals surface area contributed by atoms with Crippen LogP contribution in [0.1, 0.15) is 27.3 Å². The van der Waals surface area contributed by atoms with Gasteiger partial charge in [-0.25, -0.2) is 4.68 Å². The van der Waals surface area contributed by atoms with Gasteiger partial charge in [-0.1, -0.05) is 41.1 Å². The third kappa shape index (κ3) is 4.09. The molecule has 0 aliphatic rings. The second kappa shape index (κ2) is 8.12. The van der Waals surface area contributed by atoms with E-state index in [1.165, 1.54) is 0 Å². The molecule has 134 valence electrons. The van der Waals surface area contributed by atoms with Gasteiger partial charge in [0.2, 0.25) is 0 Å². The van der Waals surface area contributed by atoms with Gasteiger partial charge in [0.15, 0.2) is 5.69 Å². The van der Waals surface area contributed by atoms with Crippen molar-refractivity contribution in [2.75, 3.05) is 7.11 Å². The Kier molecular flexibility index (Phi) is 5.65. The summed E-state index contributed by atoms with van der Waals surface area (Å²) < 4.78 is 6.88. The van der Waals surface area contributed by atoms with Crippen molar-refractivity contribution in [1.29, 1.82) is 0 Å². The number of ether oxygens (including phenoxy) is 1. The molecule has 26 heavy (non-hydrogen) atoms. The van der Waals surface area contributed by atoms with Gasteiger partial charge >= 0.3 is 0 Å². The SMILES string of the molecule is COCc1c(C(=O)NCc2ccc(Cl)cc2)nnn1-c1cccc(C)c1. The second-order valence-corrected chi connectivity index (χ2v) is 6.31. The molecule has 0 bridgehead atoms. The van der Waals surface area contributed by atoms with Gasteiger partial charge in [-0.05, 0) is 42.3 Å². The number of aryl methyl sites for hydroxylation is 1. The molecule has 0 atom stereocenters. The number of hydrogen-bond acceptors (Lipinski definition) is 4. The molecule has 1 N–H and O–H groups in total. The largest absolute Gasteiger partial charge is 0.378 e. The first-order valence-corrected chi connectivity index (χ1v) is 8.49. The van der Waals surface area contributed by atoms with Crippen LogP contribution in [0.15, 0.2) is 48.5 Å². The van der Waals surface area contributed by atoms with E-state index in [0.717, 1.165) is 16.8 Å². The summed E-state index contributed by atoms with van der Waals surface area (Å²) in [4.78, 5) is 12.6. The zero-order chi connectivity index (χ0) is 18.5. The molecule has 0 aliphatic carbocycles. The summed E-state index contributed by atoms with van der Waals surface area (Å²) in [5.41, 5.74) is 3.73. The number of methoxy groups -OCH3 is 1. The number of benzene rings is 2. The van der Waals surface area contributed by atoms with Crippen LogP contribution in [-0.4, -0.2) is 28.0 Å². The highest BCUT2D eigenvalue weighted by Crippen LogP contribution is 2.16. The number of carbonyl (C=O) groups excluding carboxylic acids is 1. The summed E-state index contributed by atoms with van der Waals surface area (Å²) >= 11 is 5.88. The zero-order valence-electron chi connectivity index (χ0n) is 14.6. The van der Waals surface area contributed by atoms with Crippen LogP contribution in [0.2, 0.25) is 5.02 Å². The number of rotatable bonds is 6. The molecule has 3 aromatic rings. The predicted molar refractivity (Wildman–Crippen MR) is 99.4 cm³/mol. The Bertz CT molecular complexity index is 906. The highest BCUT2D eigenvalue weighted by Gasteiger charge is 2.20. The Morgan fingerprint density at radius 3 is 2.69 bits per heavy atom. The fourth-order valence-electron chi connectivity index (χ4n) is 2.58. The van der Waals surface area contributed by atoms with E-state index >= 15 is 0 Å². The molecule has 0 fully saturated rings. The molecule has 0 spiro atoms. The minimum Gasteiger partial charge on any atom is -0.378 e. The van der Waals surface area contributed by atoms with Crippen molar-refractivity contribution >= 4 is 17.5 Å². The molecule has 0 saturated carbocycles. The first kappa shape index (κ1) is 18.1. The summed E-state index contributed by atoms with van der Waals surface area (Å²) in [6.45, 7) is 2.60. The van der Waals surface area contributed by atoms with Crippen molar-refractivity contribution in [1.82, 2.24) is 20.3 Å². The van der Waals surface area contributed by atoms with Gasteiger partial charge in [0.1, 0.15) is 5.69 Å². The number of nitrogens with zero attached hydrogens (tertiary/aromatic N) is 3. The predicted octanol–water partition coefficient (Wildman–Crippen LogP) is 3.31. The third-order valence-corrected chi connectivity index (χ3v) is 4.12. The van der Waals surface area contributed by atoms with E-state index in [9.17, 15) is 4.79 Å². The summed E-state index contributed by atoms with van der Waals surface area (Å²) in [6.07, 6.45) is 0. The topological polar surface area (TPSA) is 69.0 Å². The molecule has 2 aromatic carbocycles. The molecule has 0 saturated heterocycles. The number of nitrogens with one attached hydrogen (secondary N) is 1. The van der Waals surface area contributed by atoms with E-state index in [1.807, 2.05) is 43.3 Å². The zero-order valence-corrected chi connectivity index (χ0v) is 15.3. The summed E-state index contributed by atoms with van der Waals surface area (Å²) in [5.74, 6) is -0.300. The molecule has 1 amide bonds. The van der Waals surface area contributed by atoms with Crippen LogP contribution in [0.5, 0.6) is 0 Å². The molecule has 3 rings (SSSR count). The van der Waals surface area contributed by atoms with Gasteiger partial charge in [0.05, 0.1) is 12.3 Å². The van der Waals surface area contributed by atoms with E-state index in [1.54, 1.807) is 23.9 Å². The monoisotopic (exact) mass is 370 g/mol. The highest BCUT2D eigenvalue weighted by molar-refractivity contribution is 6.30. The van der Waals surface area contributed by atoms with Gasteiger partial charge < -0.3 is 10.1 Å². The van der Waals surface area contributed by atoms with E-state index in [-0.39, 0.29) is 18.2 Å². The van der Waals surface area contributed by atoms with Crippen LogP contribution < -0.4 is 5.32 Å². The molecular weight excluding hydrogens is 352 g/mol. The van der Waals surface area contributed by atoms with Gasteiger partial charge in [-0.2, -0.15) is 0 Å². The Labute approximate surface area is 156 Å². The molecule has 0 radical (unpaired) electrons. The third-order valence-electron chi connectivity index (χ3n) is 3.87. The maximum Gasteiger partial charge on any atom is 0.274 e. The average molecular weight is 371 g/mol. The summed E-state index contributed by atoms with van der Waals surface area (Å²) in [6, 6.07) is 15.1. The Morgan fingerprint density at radius 1 is 1.23 bits per heavy atom. The lowest BCUT2D eigenvalue weighted by molar-refractivity contribution is 0.0940. The Balaban J connectivity index is 1.82. The molecule has 1 heterocycles. The van der Waals surface area contributed by atoms with Gasteiger partial charge in [0.25, 0.3) is 5.91 Å². The van der Waals surface area contributed by atoms with Crippen LogP contribution >= 0.6 is 11.6 Å². The van der Waals surface area contributed by atoms with Gasteiger partial charge in [-0.15, -0.1) is 5.10 Å². The quantitative estimate of drug-likeness (QED) is 0.722. The van der Waals surface area contributed by atoms with Crippen molar-refractivity contribution in [3.05, 3.63) is 76.1 Å². The van der Waals surface area contributed by atoms with E-state index in [0.29, 0.717) is 17.3 Å². The van der Waals surface area contributed by atoms with Crippen molar-refractivity contribution in [2.24, 2.45) is 0 Å². The normalized spacial score (nSPS) is 10.7. The maximum absolute atomic E-state index is 12.6. The van der Waals surface area contributed by atoms with Crippen LogP contribution in [0.25, 0.3) is 5.69 Å². The van der Waals surface area contributed by atoms with Gasteiger partial charge in [0, 0.05) is 18.7 Å². The van der Waals surface area contributed by atoms with E-state index in [4.69, 9.17) is 16.3 Å². The maximum atomic E-state index is 12.6. The fourth-order valence-corrected chi connectivity index (χ4v) is 2.71. The first-order chi connectivity index (χ1) is 12.6. The second-order valence-electron chi connectivity index (χ2n) is 5.88. The molecular formula is C19H19ClN4O2. The Hall–Kier alpha value is -2.70. The number of halogens is 1. The molecule has 0 unspecified atom stereocenters. The highest BCUT2D eigenvalue weighted by atomic mass is 35.5. The lowest BCUT2D eigenvalue weighted by Crippen LogP contribution is -2.24. The van der Waals surface area contributed by atoms with Gasteiger partial charge in [-0.3, -0.25) is 4.79 Å². The van der Waals surface area contributed by atoms with Crippen LogP contribution in [0.3, 0.4) is 0 Å². The molecule has 7 heteroatoms. The fraction of sp³-hybridized carbons (Fsp3) is 0.211. The van der Waals surface area contributed by atoms with Crippen LogP contribution in [0.4, 0.5) is 0 Å². The number of carbonyl (C=O) groups is 1. The van der Waals surface area contributed by atoms with E-state index in [2.05, 4.69) is 15.6 Å². The van der Waals surface area contributed by atoms with Crippen molar-refractivity contribution < 1.29 is 9.53 Å². The minimum absolute atomic E-state index is 0.227. The smallest absolute Gasteiger partial charge is 0.274 e. The Morgan fingerprint density at radius 2 is 2.00 bits per heavy atom. The summed E-state index contributed by atoms with van der Waals surface area (Å²) in [5, 5.41) is 11.7. The lowest BCUT2D eigenvalue weighted by atomic mass is 10.2. The molecule has 6 nitrogen and oxygen atoms in total. The summed E-state index contributed by atoms with van der Waals surface area (Å²) in [7, 11) is 1.57. The number of hydrogen-bond donors (Lipinski definition) is 1. The lowest BCUT2D eigenvalue weighted by Gasteiger charge is -2.08. The van der Waals surface area contributed by atoms with E-state index < -0.39 is 0 Å². The number of amides is 1. The van der Waals surface area contributed by atoms with Crippen molar-refractivity contribution in [3.63, 3.8) is 0 Å². The minimum atomic E-state index is -0.300. The molecule has 1 aromatic heterocycles. The average Bonchev–Trinajstić information content (AvgIpc) is 3.05. The van der Waals surface area contributed by atoms with Crippen LogP contribution in [-0.2, 0) is 17.9 Å². The van der Waals surface area contributed by atoms with Crippen molar-refractivity contribution in [2.45, 2.75) is 20.1 Å². The standard InChI is InChI=1S/C19H19ClN4O2/c1-13-4-3-5-16(10-13)24-17(12-26-2)18(22-23-24)19(25)21-11-14-6-8-15(20)9-7-14/h3-10H,11-12H2,1-2H3,(H,21,25). The van der Waals surface area contributed by atoms with Crippen molar-refractivity contribution in [3.8, 4) is 5.69 Å². The van der Waals surface area contributed by atoms with Crippen LogP contribution in [0, 0.1) is 6.92 Å².